The number of hydrogen-bond acceptors (Lipinski definition) is 3. The van der Waals surface area contributed by atoms with Crippen LogP contribution in [0.25, 0.3) is 0 Å². The van der Waals surface area contributed by atoms with Gasteiger partial charge in [0.15, 0.2) is 5.82 Å². The third kappa shape index (κ3) is 4.61. The maximum atomic E-state index is 13.0. The van der Waals surface area contributed by atoms with E-state index in [4.69, 9.17) is 11.6 Å². The molecule has 2 aromatic carbocycles. The van der Waals surface area contributed by atoms with E-state index in [1.807, 2.05) is 12.1 Å². The van der Waals surface area contributed by atoms with Crippen molar-refractivity contribution in [2.24, 2.45) is 0 Å². The van der Waals surface area contributed by atoms with Crippen LogP contribution in [0, 0.1) is 0 Å². The number of halogens is 4. The SMILES string of the molecule is O=CN(c1cccc(C(F)(F)F)c1)c1cccnc1NCc1ccc(Cl)cc1. The summed E-state index contributed by atoms with van der Waals surface area (Å²) in [5, 5.41) is 3.71. The van der Waals surface area contributed by atoms with Crippen LogP contribution in [0.15, 0.2) is 66.9 Å². The monoisotopic (exact) mass is 405 g/mol. The molecule has 1 amide bonds. The lowest BCUT2D eigenvalue weighted by molar-refractivity contribution is -0.137. The second-order valence-electron chi connectivity index (χ2n) is 5.87. The molecule has 4 nitrogen and oxygen atoms in total. The Labute approximate surface area is 164 Å². The van der Waals surface area contributed by atoms with E-state index in [1.165, 1.54) is 18.3 Å². The first-order valence-electron chi connectivity index (χ1n) is 8.23. The van der Waals surface area contributed by atoms with Gasteiger partial charge >= 0.3 is 6.18 Å². The average Bonchev–Trinajstić information content (AvgIpc) is 2.69. The highest BCUT2D eigenvalue weighted by atomic mass is 35.5. The minimum Gasteiger partial charge on any atom is -0.364 e. The molecule has 0 aliphatic rings. The number of benzene rings is 2. The first-order valence-corrected chi connectivity index (χ1v) is 8.61. The van der Waals surface area contributed by atoms with Crippen molar-refractivity contribution in [2.75, 3.05) is 10.2 Å². The molecule has 0 fully saturated rings. The van der Waals surface area contributed by atoms with E-state index < -0.39 is 11.7 Å². The molecule has 0 atom stereocenters. The number of amides is 1. The van der Waals surface area contributed by atoms with E-state index in [2.05, 4.69) is 10.3 Å². The lowest BCUT2D eigenvalue weighted by Gasteiger charge is -2.21. The molecule has 1 N–H and O–H groups in total. The van der Waals surface area contributed by atoms with Crippen LogP contribution in [0.4, 0.5) is 30.4 Å². The number of hydrogen-bond donors (Lipinski definition) is 1. The standard InChI is InChI=1S/C20H15ClF3N3O/c21-16-8-6-14(7-9-16)12-26-19-18(5-2-10-25-19)27(13-28)17-4-1-3-15(11-17)20(22,23)24/h1-11,13H,12H2,(H,25,26). The fourth-order valence-electron chi connectivity index (χ4n) is 2.60. The highest BCUT2D eigenvalue weighted by Crippen LogP contribution is 2.35. The van der Waals surface area contributed by atoms with Gasteiger partial charge in [-0.3, -0.25) is 9.69 Å². The molecule has 0 radical (unpaired) electrons. The minimum atomic E-state index is -4.50. The molecule has 0 saturated heterocycles. The van der Waals surface area contributed by atoms with Crippen molar-refractivity contribution in [1.29, 1.82) is 0 Å². The van der Waals surface area contributed by atoms with Crippen LogP contribution in [0.1, 0.15) is 11.1 Å². The first-order chi connectivity index (χ1) is 13.4. The third-order valence-electron chi connectivity index (χ3n) is 3.98. The molecule has 0 aliphatic heterocycles. The number of pyridine rings is 1. The number of rotatable bonds is 6. The van der Waals surface area contributed by atoms with E-state index in [9.17, 15) is 18.0 Å². The van der Waals surface area contributed by atoms with Crippen molar-refractivity contribution in [3.63, 3.8) is 0 Å². The van der Waals surface area contributed by atoms with Gasteiger partial charge < -0.3 is 5.32 Å². The second-order valence-corrected chi connectivity index (χ2v) is 6.31. The third-order valence-corrected chi connectivity index (χ3v) is 4.23. The maximum absolute atomic E-state index is 13.0. The van der Waals surface area contributed by atoms with Crippen LogP contribution in [-0.2, 0) is 17.5 Å². The van der Waals surface area contributed by atoms with Gasteiger partial charge in [0.05, 0.1) is 11.3 Å². The largest absolute Gasteiger partial charge is 0.416 e. The minimum absolute atomic E-state index is 0.0902. The molecule has 0 aliphatic carbocycles. The Morgan fingerprint density at radius 2 is 1.82 bits per heavy atom. The van der Waals surface area contributed by atoms with Crippen molar-refractivity contribution in [2.45, 2.75) is 12.7 Å². The molecule has 28 heavy (non-hydrogen) atoms. The summed E-state index contributed by atoms with van der Waals surface area (Å²) in [7, 11) is 0. The Kier molecular flexibility index (Phi) is 5.84. The summed E-state index contributed by atoms with van der Waals surface area (Å²) in [6.07, 6.45) is -2.52. The lowest BCUT2D eigenvalue weighted by atomic mass is 10.1. The summed E-state index contributed by atoms with van der Waals surface area (Å²) in [6.45, 7) is 0.399. The number of nitrogens with one attached hydrogen (secondary N) is 1. The Balaban J connectivity index is 1.89. The summed E-state index contributed by atoms with van der Waals surface area (Å²) in [5.41, 5.74) is 0.521. The van der Waals surface area contributed by atoms with Gasteiger partial charge in [-0.25, -0.2) is 4.98 Å². The predicted molar refractivity (Wildman–Crippen MR) is 103 cm³/mol. The zero-order chi connectivity index (χ0) is 20.1. The van der Waals surface area contributed by atoms with Crippen LogP contribution in [-0.4, -0.2) is 11.4 Å². The van der Waals surface area contributed by atoms with Gasteiger partial charge in [-0.15, -0.1) is 0 Å². The number of carbonyl (C=O) groups is 1. The number of nitrogens with zero attached hydrogens (tertiary/aromatic N) is 2. The van der Waals surface area contributed by atoms with Crippen molar-refractivity contribution in [1.82, 2.24) is 4.98 Å². The summed E-state index contributed by atoms with van der Waals surface area (Å²) < 4.78 is 39.0. The number of alkyl halides is 3. The summed E-state index contributed by atoms with van der Waals surface area (Å²) >= 11 is 5.87. The quantitative estimate of drug-likeness (QED) is 0.538. The number of anilines is 3. The van der Waals surface area contributed by atoms with Crippen LogP contribution in [0.3, 0.4) is 0 Å². The molecule has 144 valence electrons. The van der Waals surface area contributed by atoms with E-state index in [0.717, 1.165) is 22.6 Å². The molecule has 1 aromatic heterocycles. The van der Waals surface area contributed by atoms with Gasteiger partial charge in [0, 0.05) is 23.5 Å². The van der Waals surface area contributed by atoms with Gasteiger partial charge in [-0.05, 0) is 48.0 Å². The molecule has 3 aromatic rings. The van der Waals surface area contributed by atoms with Gasteiger partial charge in [-0.1, -0.05) is 29.8 Å². The van der Waals surface area contributed by atoms with Crippen molar-refractivity contribution >= 4 is 35.2 Å². The van der Waals surface area contributed by atoms with Crippen LogP contribution < -0.4 is 10.2 Å². The Hall–Kier alpha value is -3.06. The van der Waals surface area contributed by atoms with Crippen LogP contribution >= 0.6 is 11.6 Å². The van der Waals surface area contributed by atoms with E-state index in [0.29, 0.717) is 29.5 Å². The van der Waals surface area contributed by atoms with Crippen molar-refractivity contribution in [3.05, 3.63) is 83.0 Å². The predicted octanol–water partition coefficient (Wildman–Crippen LogP) is 5.66. The van der Waals surface area contributed by atoms with E-state index in [1.54, 1.807) is 24.3 Å². The van der Waals surface area contributed by atoms with E-state index >= 15 is 0 Å². The smallest absolute Gasteiger partial charge is 0.364 e. The molecule has 0 unspecified atom stereocenters. The molecular weight excluding hydrogens is 391 g/mol. The molecule has 0 saturated carbocycles. The number of carbonyl (C=O) groups excluding carboxylic acids is 1. The van der Waals surface area contributed by atoms with Gasteiger partial charge in [0.25, 0.3) is 0 Å². The zero-order valence-electron chi connectivity index (χ0n) is 14.4. The first kappa shape index (κ1) is 19.7. The van der Waals surface area contributed by atoms with Crippen LogP contribution in [0.2, 0.25) is 5.02 Å². The highest BCUT2D eigenvalue weighted by Gasteiger charge is 2.31. The van der Waals surface area contributed by atoms with Gasteiger partial charge in [0.2, 0.25) is 6.41 Å². The van der Waals surface area contributed by atoms with Gasteiger partial charge in [-0.2, -0.15) is 13.2 Å². The molecule has 1 heterocycles. The van der Waals surface area contributed by atoms with Crippen molar-refractivity contribution < 1.29 is 18.0 Å². The molecule has 0 bridgehead atoms. The normalized spacial score (nSPS) is 11.1. The fraction of sp³-hybridized carbons (Fsp3) is 0.100. The summed E-state index contributed by atoms with van der Waals surface area (Å²) in [5.74, 6) is 0.363. The maximum Gasteiger partial charge on any atom is 0.416 e. The molecule has 0 spiro atoms. The average molecular weight is 406 g/mol. The van der Waals surface area contributed by atoms with E-state index in [-0.39, 0.29) is 5.69 Å². The number of aromatic nitrogens is 1. The molecule has 3 rings (SSSR count). The summed E-state index contributed by atoms with van der Waals surface area (Å²) in [6, 6.07) is 14.9. The summed E-state index contributed by atoms with van der Waals surface area (Å²) in [4.78, 5) is 17.0. The zero-order valence-corrected chi connectivity index (χ0v) is 15.2. The Bertz CT molecular complexity index is 961. The highest BCUT2D eigenvalue weighted by molar-refractivity contribution is 6.30. The fourth-order valence-corrected chi connectivity index (χ4v) is 2.73. The van der Waals surface area contributed by atoms with Gasteiger partial charge in [0.1, 0.15) is 0 Å². The molecule has 8 heteroatoms. The second kappa shape index (κ2) is 8.31. The lowest BCUT2D eigenvalue weighted by Crippen LogP contribution is -2.18. The molecular formula is C20H15ClF3N3O. The Morgan fingerprint density at radius 1 is 1.07 bits per heavy atom. The topological polar surface area (TPSA) is 45.2 Å². The van der Waals surface area contributed by atoms with Crippen molar-refractivity contribution in [3.8, 4) is 0 Å². The van der Waals surface area contributed by atoms with Crippen LogP contribution in [0.5, 0.6) is 0 Å². The Morgan fingerprint density at radius 3 is 2.50 bits per heavy atom.